The molecule has 17 heavy (non-hydrogen) atoms. The van der Waals surface area contributed by atoms with E-state index in [0.29, 0.717) is 6.54 Å². The van der Waals surface area contributed by atoms with Crippen LogP contribution >= 0.6 is 23.2 Å². The van der Waals surface area contributed by atoms with E-state index in [0.717, 1.165) is 19.3 Å². The third kappa shape index (κ3) is 4.43. The second kappa shape index (κ2) is 6.54. The van der Waals surface area contributed by atoms with Crippen molar-refractivity contribution in [2.75, 3.05) is 6.54 Å². The molecule has 0 bridgehead atoms. The summed E-state index contributed by atoms with van der Waals surface area (Å²) in [5.41, 5.74) is 0. The number of halogens is 2. The molecule has 7 heteroatoms. The number of nitrogens with one attached hydrogen (secondary N) is 1. The summed E-state index contributed by atoms with van der Waals surface area (Å²) in [6, 6.07) is 1.29. The monoisotopic (exact) mass is 296 g/mol. The second-order valence-corrected chi connectivity index (χ2v) is 6.08. The van der Waals surface area contributed by atoms with E-state index < -0.39 is 10.0 Å². The van der Waals surface area contributed by atoms with E-state index in [1.807, 2.05) is 0 Å². The Bertz CT molecular complexity index is 477. The molecule has 0 amide bonds. The summed E-state index contributed by atoms with van der Waals surface area (Å²) in [7, 11) is -3.54. The fourth-order valence-corrected chi connectivity index (χ4v) is 2.59. The number of pyridine rings is 1. The number of sulfonamides is 1. The SMILES string of the molecule is CCCCCNS(=O)(=O)c1cnc(Cl)c(Cl)c1. The third-order valence-electron chi connectivity index (χ3n) is 2.15. The van der Waals surface area contributed by atoms with Gasteiger partial charge in [0, 0.05) is 12.7 Å². The van der Waals surface area contributed by atoms with E-state index in [4.69, 9.17) is 23.2 Å². The molecule has 0 saturated heterocycles. The second-order valence-electron chi connectivity index (χ2n) is 3.55. The predicted octanol–water partition coefficient (Wildman–Crippen LogP) is 2.86. The zero-order chi connectivity index (χ0) is 12.9. The van der Waals surface area contributed by atoms with Crippen LogP contribution in [-0.2, 0) is 10.0 Å². The summed E-state index contributed by atoms with van der Waals surface area (Å²) in [5, 5.41) is 0.222. The maximum Gasteiger partial charge on any atom is 0.242 e. The van der Waals surface area contributed by atoms with Crippen LogP contribution in [0.5, 0.6) is 0 Å². The smallest absolute Gasteiger partial charge is 0.242 e. The van der Waals surface area contributed by atoms with Crippen LogP contribution in [0, 0.1) is 0 Å². The van der Waals surface area contributed by atoms with Crippen LogP contribution in [0.3, 0.4) is 0 Å². The molecule has 0 aliphatic heterocycles. The van der Waals surface area contributed by atoms with Gasteiger partial charge in [-0.1, -0.05) is 43.0 Å². The molecule has 0 fully saturated rings. The molecular formula is C10H14Cl2N2O2S. The number of unbranched alkanes of at least 4 members (excludes halogenated alkanes) is 2. The predicted molar refractivity (Wildman–Crippen MR) is 69.0 cm³/mol. The Morgan fingerprint density at radius 1 is 1.35 bits per heavy atom. The summed E-state index contributed by atoms with van der Waals surface area (Å²) in [5.74, 6) is 0. The Balaban J connectivity index is 2.72. The zero-order valence-corrected chi connectivity index (χ0v) is 11.7. The Labute approximate surface area is 111 Å². The molecule has 1 aromatic rings. The van der Waals surface area contributed by atoms with Crippen molar-refractivity contribution in [1.82, 2.24) is 9.71 Å². The first-order valence-corrected chi connectivity index (χ1v) is 7.52. The van der Waals surface area contributed by atoms with Crippen LogP contribution in [0.2, 0.25) is 10.2 Å². The normalized spacial score (nSPS) is 11.7. The van der Waals surface area contributed by atoms with Gasteiger partial charge in [0.1, 0.15) is 10.0 Å². The maximum atomic E-state index is 11.8. The van der Waals surface area contributed by atoms with E-state index in [-0.39, 0.29) is 15.1 Å². The van der Waals surface area contributed by atoms with Crippen molar-refractivity contribution in [2.24, 2.45) is 0 Å². The molecule has 0 aliphatic carbocycles. The van der Waals surface area contributed by atoms with Gasteiger partial charge in [-0.25, -0.2) is 18.1 Å². The third-order valence-corrected chi connectivity index (χ3v) is 4.27. The first-order chi connectivity index (χ1) is 7.97. The minimum absolute atomic E-state index is 0.0309. The molecule has 0 radical (unpaired) electrons. The van der Waals surface area contributed by atoms with Crippen molar-refractivity contribution in [3.05, 3.63) is 22.4 Å². The molecule has 0 aromatic carbocycles. The Morgan fingerprint density at radius 2 is 2.06 bits per heavy atom. The highest BCUT2D eigenvalue weighted by Gasteiger charge is 2.15. The van der Waals surface area contributed by atoms with Crippen molar-refractivity contribution >= 4 is 33.2 Å². The van der Waals surface area contributed by atoms with Gasteiger partial charge in [-0.3, -0.25) is 0 Å². The topological polar surface area (TPSA) is 59.1 Å². The van der Waals surface area contributed by atoms with E-state index in [1.165, 1.54) is 12.3 Å². The number of rotatable bonds is 6. The minimum Gasteiger partial charge on any atom is -0.242 e. The van der Waals surface area contributed by atoms with Crippen LogP contribution in [0.1, 0.15) is 26.2 Å². The van der Waals surface area contributed by atoms with E-state index in [1.54, 1.807) is 0 Å². The largest absolute Gasteiger partial charge is 0.242 e. The van der Waals surface area contributed by atoms with Gasteiger partial charge in [0.2, 0.25) is 10.0 Å². The summed E-state index contributed by atoms with van der Waals surface area (Å²) < 4.78 is 26.1. The van der Waals surface area contributed by atoms with Crippen molar-refractivity contribution in [1.29, 1.82) is 0 Å². The Hall–Kier alpha value is -0.360. The number of hydrogen-bond donors (Lipinski definition) is 1. The molecule has 0 atom stereocenters. The highest BCUT2D eigenvalue weighted by molar-refractivity contribution is 7.89. The number of aromatic nitrogens is 1. The van der Waals surface area contributed by atoms with E-state index >= 15 is 0 Å². The summed E-state index contributed by atoms with van der Waals surface area (Å²) in [4.78, 5) is 3.73. The molecule has 4 nitrogen and oxygen atoms in total. The summed E-state index contributed by atoms with van der Waals surface area (Å²) in [6.07, 6.45) is 4.03. The highest BCUT2D eigenvalue weighted by atomic mass is 35.5. The molecule has 1 N–H and O–H groups in total. The molecule has 96 valence electrons. The van der Waals surface area contributed by atoms with Gasteiger partial charge in [-0.15, -0.1) is 0 Å². The molecule has 1 heterocycles. The van der Waals surface area contributed by atoms with Gasteiger partial charge in [-0.05, 0) is 12.5 Å². The summed E-state index contributed by atoms with van der Waals surface area (Å²) >= 11 is 11.3. The Morgan fingerprint density at radius 3 is 2.65 bits per heavy atom. The van der Waals surface area contributed by atoms with Gasteiger partial charge >= 0.3 is 0 Å². The van der Waals surface area contributed by atoms with Crippen molar-refractivity contribution < 1.29 is 8.42 Å². The molecular weight excluding hydrogens is 283 g/mol. The quantitative estimate of drug-likeness (QED) is 0.649. The molecule has 0 unspecified atom stereocenters. The zero-order valence-electron chi connectivity index (χ0n) is 9.41. The van der Waals surface area contributed by atoms with Crippen LogP contribution in [0.25, 0.3) is 0 Å². The minimum atomic E-state index is -3.54. The van der Waals surface area contributed by atoms with E-state index in [9.17, 15) is 8.42 Å². The van der Waals surface area contributed by atoms with Gasteiger partial charge < -0.3 is 0 Å². The fraction of sp³-hybridized carbons (Fsp3) is 0.500. The lowest BCUT2D eigenvalue weighted by Crippen LogP contribution is -2.24. The van der Waals surface area contributed by atoms with Crippen molar-refractivity contribution in [3.8, 4) is 0 Å². The fourth-order valence-electron chi connectivity index (χ4n) is 1.22. The average Bonchev–Trinajstić information content (AvgIpc) is 2.28. The van der Waals surface area contributed by atoms with Crippen LogP contribution < -0.4 is 4.72 Å². The Kier molecular flexibility index (Phi) is 5.66. The van der Waals surface area contributed by atoms with E-state index in [2.05, 4.69) is 16.6 Å². The first-order valence-electron chi connectivity index (χ1n) is 5.28. The lowest BCUT2D eigenvalue weighted by atomic mass is 10.3. The molecule has 0 aliphatic rings. The van der Waals surface area contributed by atoms with Crippen LogP contribution in [0.4, 0.5) is 0 Å². The average molecular weight is 297 g/mol. The standard InChI is InChI=1S/C10H14Cl2N2O2S/c1-2-3-4-5-14-17(15,16)8-6-9(11)10(12)13-7-8/h6-7,14H,2-5H2,1H3. The van der Waals surface area contributed by atoms with Gasteiger partial charge in [0.05, 0.1) is 5.02 Å². The molecule has 1 aromatic heterocycles. The van der Waals surface area contributed by atoms with Crippen molar-refractivity contribution in [2.45, 2.75) is 31.1 Å². The number of hydrogen-bond acceptors (Lipinski definition) is 3. The maximum absolute atomic E-state index is 11.8. The lowest BCUT2D eigenvalue weighted by Gasteiger charge is -2.06. The lowest BCUT2D eigenvalue weighted by molar-refractivity contribution is 0.575. The van der Waals surface area contributed by atoms with Gasteiger partial charge in [-0.2, -0.15) is 0 Å². The molecule has 0 saturated carbocycles. The molecule has 0 spiro atoms. The van der Waals surface area contributed by atoms with Gasteiger partial charge in [0.15, 0.2) is 0 Å². The highest BCUT2D eigenvalue weighted by Crippen LogP contribution is 2.21. The number of nitrogens with zero attached hydrogens (tertiary/aromatic N) is 1. The van der Waals surface area contributed by atoms with Crippen LogP contribution in [0.15, 0.2) is 17.2 Å². The summed E-state index contributed by atoms with van der Waals surface area (Å²) in [6.45, 7) is 2.47. The first kappa shape index (κ1) is 14.7. The van der Waals surface area contributed by atoms with Crippen molar-refractivity contribution in [3.63, 3.8) is 0 Å². The van der Waals surface area contributed by atoms with Gasteiger partial charge in [0.25, 0.3) is 0 Å². The molecule has 1 rings (SSSR count). The van der Waals surface area contributed by atoms with Crippen LogP contribution in [-0.4, -0.2) is 19.9 Å².